The summed E-state index contributed by atoms with van der Waals surface area (Å²) >= 11 is 0. The maximum Gasteiger partial charge on any atom is 0.408 e. The van der Waals surface area contributed by atoms with Gasteiger partial charge in [0.05, 0.1) is 14.2 Å². The van der Waals surface area contributed by atoms with Gasteiger partial charge in [-0.2, -0.15) is 0 Å². The number of methoxy groups -OCH3 is 2. The molecular formula is C12H13F2NO4. The Morgan fingerprint density at radius 2 is 1.84 bits per heavy atom. The number of ether oxygens (including phenoxy) is 3. The Bertz CT molecular complexity index is 470. The van der Waals surface area contributed by atoms with Gasteiger partial charge in [-0.15, -0.1) is 0 Å². The molecule has 2 rings (SSSR count). The number of hydrogen-bond donors (Lipinski definition) is 1. The minimum Gasteiger partial charge on any atom is -0.497 e. The highest BCUT2D eigenvalue weighted by Crippen LogP contribution is 2.37. The monoisotopic (exact) mass is 273 g/mol. The summed E-state index contributed by atoms with van der Waals surface area (Å²) in [7, 11) is 2.83. The van der Waals surface area contributed by atoms with E-state index in [1.54, 1.807) is 6.07 Å². The number of cyclic esters (lactones) is 1. The van der Waals surface area contributed by atoms with Crippen LogP contribution in [-0.4, -0.2) is 32.8 Å². The van der Waals surface area contributed by atoms with Gasteiger partial charge in [-0.3, -0.25) is 0 Å². The standard InChI is InChI=1S/C12H13F2NO4/c1-17-8-3-7(4-9(5-8)18-2)10-12(13,14)6-19-11(16)15-10/h3-5,10H,6H2,1-2H3,(H,15,16)/t10-/m0/s1. The van der Waals surface area contributed by atoms with E-state index in [0.717, 1.165) is 0 Å². The van der Waals surface area contributed by atoms with E-state index in [2.05, 4.69) is 10.1 Å². The molecule has 1 heterocycles. The third-order valence-corrected chi connectivity index (χ3v) is 2.79. The zero-order valence-electron chi connectivity index (χ0n) is 10.4. The fraction of sp³-hybridized carbons (Fsp3) is 0.417. The summed E-state index contributed by atoms with van der Waals surface area (Å²) in [4.78, 5) is 11.1. The molecule has 7 heteroatoms. The summed E-state index contributed by atoms with van der Waals surface area (Å²) in [6, 6.07) is 2.93. The normalized spacial score (nSPS) is 21.3. The van der Waals surface area contributed by atoms with Crippen molar-refractivity contribution in [1.29, 1.82) is 0 Å². The number of alkyl halides is 2. The molecule has 104 valence electrons. The number of carbonyl (C=O) groups is 1. The molecular weight excluding hydrogens is 260 g/mol. The lowest BCUT2D eigenvalue weighted by Crippen LogP contribution is -2.49. The molecule has 1 aromatic carbocycles. The number of nitrogens with one attached hydrogen (secondary N) is 1. The Morgan fingerprint density at radius 1 is 1.26 bits per heavy atom. The van der Waals surface area contributed by atoms with Crippen LogP contribution < -0.4 is 14.8 Å². The SMILES string of the molecule is COc1cc(OC)cc([C@@H]2NC(=O)OCC2(F)F)c1. The van der Waals surface area contributed by atoms with Crippen LogP contribution in [0.15, 0.2) is 18.2 Å². The highest BCUT2D eigenvalue weighted by atomic mass is 19.3. The maximum atomic E-state index is 13.8. The van der Waals surface area contributed by atoms with Gasteiger partial charge < -0.3 is 19.5 Å². The van der Waals surface area contributed by atoms with Crippen molar-refractivity contribution in [3.63, 3.8) is 0 Å². The lowest BCUT2D eigenvalue weighted by atomic mass is 9.99. The van der Waals surface area contributed by atoms with Crippen LogP contribution in [0.1, 0.15) is 11.6 Å². The van der Waals surface area contributed by atoms with Crippen molar-refractivity contribution in [2.24, 2.45) is 0 Å². The zero-order valence-corrected chi connectivity index (χ0v) is 10.4. The number of rotatable bonds is 3. The van der Waals surface area contributed by atoms with Crippen molar-refractivity contribution in [3.8, 4) is 11.5 Å². The first-order valence-electron chi connectivity index (χ1n) is 5.50. The van der Waals surface area contributed by atoms with Crippen LogP contribution in [0.2, 0.25) is 0 Å². The van der Waals surface area contributed by atoms with E-state index in [-0.39, 0.29) is 5.56 Å². The van der Waals surface area contributed by atoms with Gasteiger partial charge >= 0.3 is 12.0 Å². The van der Waals surface area contributed by atoms with E-state index in [1.165, 1.54) is 26.4 Å². The van der Waals surface area contributed by atoms with E-state index < -0.39 is 24.7 Å². The van der Waals surface area contributed by atoms with Crippen LogP contribution in [0.4, 0.5) is 13.6 Å². The maximum absolute atomic E-state index is 13.8. The average molecular weight is 273 g/mol. The molecule has 1 atom stereocenters. The van der Waals surface area contributed by atoms with Crippen molar-refractivity contribution < 1.29 is 27.8 Å². The minimum atomic E-state index is -3.20. The summed E-state index contributed by atoms with van der Waals surface area (Å²) in [5.41, 5.74) is 0.192. The number of benzene rings is 1. The first kappa shape index (κ1) is 13.4. The second kappa shape index (κ2) is 4.91. The second-order valence-electron chi connectivity index (χ2n) is 4.06. The van der Waals surface area contributed by atoms with Crippen molar-refractivity contribution in [2.75, 3.05) is 20.8 Å². The van der Waals surface area contributed by atoms with E-state index in [9.17, 15) is 13.6 Å². The van der Waals surface area contributed by atoms with Gasteiger partial charge in [0.25, 0.3) is 0 Å². The van der Waals surface area contributed by atoms with Gasteiger partial charge in [-0.05, 0) is 17.7 Å². The Morgan fingerprint density at radius 3 is 2.37 bits per heavy atom. The smallest absolute Gasteiger partial charge is 0.408 e. The van der Waals surface area contributed by atoms with Crippen LogP contribution in [0.3, 0.4) is 0 Å². The topological polar surface area (TPSA) is 56.8 Å². The van der Waals surface area contributed by atoms with Crippen molar-refractivity contribution in [1.82, 2.24) is 5.32 Å². The highest BCUT2D eigenvalue weighted by molar-refractivity contribution is 5.69. The molecule has 0 aliphatic carbocycles. The third-order valence-electron chi connectivity index (χ3n) is 2.79. The molecule has 19 heavy (non-hydrogen) atoms. The summed E-state index contributed by atoms with van der Waals surface area (Å²) in [6.45, 7) is -0.955. The quantitative estimate of drug-likeness (QED) is 0.916. The Balaban J connectivity index is 2.40. The van der Waals surface area contributed by atoms with Gasteiger partial charge in [0.2, 0.25) is 0 Å². The molecule has 1 aliphatic rings. The average Bonchev–Trinajstić information content (AvgIpc) is 2.40. The Hall–Kier alpha value is -2.05. The molecule has 1 aromatic rings. The van der Waals surface area contributed by atoms with E-state index in [4.69, 9.17) is 9.47 Å². The number of carbonyl (C=O) groups excluding carboxylic acids is 1. The van der Waals surface area contributed by atoms with Crippen LogP contribution >= 0.6 is 0 Å². The lowest BCUT2D eigenvalue weighted by molar-refractivity contribution is -0.104. The largest absolute Gasteiger partial charge is 0.497 e. The summed E-state index contributed by atoms with van der Waals surface area (Å²) in [5.74, 6) is -2.47. The van der Waals surface area contributed by atoms with E-state index in [1.807, 2.05) is 0 Å². The van der Waals surface area contributed by atoms with E-state index >= 15 is 0 Å². The molecule has 0 bridgehead atoms. The predicted molar refractivity (Wildman–Crippen MR) is 61.7 cm³/mol. The van der Waals surface area contributed by atoms with E-state index in [0.29, 0.717) is 11.5 Å². The molecule has 1 N–H and O–H groups in total. The highest BCUT2D eigenvalue weighted by Gasteiger charge is 2.47. The van der Waals surface area contributed by atoms with Gasteiger partial charge in [-0.1, -0.05) is 0 Å². The first-order valence-corrected chi connectivity index (χ1v) is 5.50. The molecule has 0 radical (unpaired) electrons. The molecule has 1 aliphatic heterocycles. The number of amides is 1. The number of halogens is 2. The molecule has 1 amide bonds. The minimum absolute atomic E-state index is 0.192. The predicted octanol–water partition coefficient (Wildman–Crippen LogP) is 2.12. The fourth-order valence-corrected chi connectivity index (χ4v) is 1.83. The van der Waals surface area contributed by atoms with Crippen molar-refractivity contribution in [2.45, 2.75) is 12.0 Å². The summed E-state index contributed by atoms with van der Waals surface area (Å²) in [6.07, 6.45) is -0.877. The molecule has 0 spiro atoms. The molecule has 1 saturated heterocycles. The summed E-state index contributed by atoms with van der Waals surface area (Å²) < 4.78 is 41.9. The zero-order chi connectivity index (χ0) is 14.0. The summed E-state index contributed by atoms with van der Waals surface area (Å²) in [5, 5.41) is 2.10. The third kappa shape index (κ3) is 2.69. The lowest BCUT2D eigenvalue weighted by Gasteiger charge is -2.32. The fourth-order valence-electron chi connectivity index (χ4n) is 1.83. The second-order valence-corrected chi connectivity index (χ2v) is 4.06. The van der Waals surface area contributed by atoms with Crippen LogP contribution in [0.5, 0.6) is 11.5 Å². The van der Waals surface area contributed by atoms with Crippen LogP contribution in [-0.2, 0) is 4.74 Å². The van der Waals surface area contributed by atoms with Crippen LogP contribution in [0, 0.1) is 0 Å². The molecule has 0 unspecified atom stereocenters. The number of hydrogen-bond acceptors (Lipinski definition) is 4. The number of alkyl carbamates (subject to hydrolysis) is 1. The molecule has 5 nitrogen and oxygen atoms in total. The van der Waals surface area contributed by atoms with Gasteiger partial charge in [0.15, 0.2) is 6.61 Å². The Labute approximate surface area is 108 Å². The van der Waals surface area contributed by atoms with Gasteiger partial charge in [0.1, 0.15) is 17.5 Å². The first-order chi connectivity index (χ1) is 8.96. The molecule has 0 aromatic heterocycles. The Kier molecular flexibility index (Phi) is 3.46. The van der Waals surface area contributed by atoms with Crippen LogP contribution in [0.25, 0.3) is 0 Å². The molecule has 0 saturated carbocycles. The van der Waals surface area contributed by atoms with Crippen molar-refractivity contribution in [3.05, 3.63) is 23.8 Å². The van der Waals surface area contributed by atoms with Gasteiger partial charge in [0, 0.05) is 6.07 Å². The molecule has 1 fully saturated rings. The van der Waals surface area contributed by atoms with Crippen molar-refractivity contribution >= 4 is 6.09 Å². The van der Waals surface area contributed by atoms with Gasteiger partial charge in [-0.25, -0.2) is 13.6 Å².